The lowest BCUT2D eigenvalue weighted by atomic mass is 10.3. The second-order valence-corrected chi connectivity index (χ2v) is 8.29. The average Bonchev–Trinajstić information content (AvgIpc) is 3.39. The molecule has 0 radical (unpaired) electrons. The van der Waals surface area contributed by atoms with Crippen LogP contribution < -0.4 is 15.0 Å². The van der Waals surface area contributed by atoms with E-state index >= 15 is 0 Å². The summed E-state index contributed by atoms with van der Waals surface area (Å²) < 4.78 is 12.3. The Hall–Kier alpha value is -2.19. The smallest absolute Gasteiger partial charge is 0.264 e. The lowest BCUT2D eigenvalue weighted by molar-refractivity contribution is -0.115. The highest BCUT2D eigenvalue weighted by atomic mass is 79.9. The van der Waals surface area contributed by atoms with Crippen LogP contribution in [0.4, 0.5) is 11.6 Å². The molecule has 0 atom stereocenters. The molecule has 3 heterocycles. The number of hydrogen-bond donors (Lipinski definition) is 1. The fourth-order valence-corrected chi connectivity index (χ4v) is 4.47. The molecule has 2 fully saturated rings. The number of halogens is 1. The zero-order chi connectivity index (χ0) is 19.5. The molecule has 0 saturated carbocycles. The number of amides is 1. The van der Waals surface area contributed by atoms with E-state index in [2.05, 4.69) is 31.1 Å². The van der Waals surface area contributed by atoms with E-state index in [9.17, 15) is 4.79 Å². The normalized spacial score (nSPS) is 19.6. The predicted molar refractivity (Wildman–Crippen MR) is 116 cm³/mol. The van der Waals surface area contributed by atoms with Crippen molar-refractivity contribution < 1.29 is 13.9 Å². The second-order valence-electron chi connectivity index (χ2n) is 6.40. The third-order valence-corrected chi connectivity index (χ3v) is 5.86. The van der Waals surface area contributed by atoms with Gasteiger partial charge in [-0.1, -0.05) is 0 Å². The fourth-order valence-electron chi connectivity index (χ4n) is 3.09. The minimum absolute atomic E-state index is 0.176. The summed E-state index contributed by atoms with van der Waals surface area (Å²) in [5.74, 6) is 2.10. The third kappa shape index (κ3) is 4.28. The maximum Gasteiger partial charge on any atom is 0.264 e. The molecule has 6 nitrogen and oxygen atoms in total. The van der Waals surface area contributed by atoms with Gasteiger partial charge >= 0.3 is 0 Å². The first-order valence-corrected chi connectivity index (χ1v) is 10.8. The first-order chi connectivity index (χ1) is 13.6. The SMILES string of the molecule is CCOc1ccc(N=C2NC(=O)/C(=C/c3cc(Br)c(N4CCCC4)o3)S2)cc1. The topological polar surface area (TPSA) is 67.1 Å². The number of nitrogens with zero attached hydrogens (tertiary/aromatic N) is 2. The Morgan fingerprint density at radius 2 is 2.07 bits per heavy atom. The van der Waals surface area contributed by atoms with Crippen LogP contribution in [0.15, 0.2) is 49.1 Å². The van der Waals surface area contributed by atoms with Crippen LogP contribution in [0.3, 0.4) is 0 Å². The lowest BCUT2D eigenvalue weighted by Gasteiger charge is -2.13. The fraction of sp³-hybridized carbons (Fsp3) is 0.300. The van der Waals surface area contributed by atoms with Crippen LogP contribution in [0, 0.1) is 0 Å². The summed E-state index contributed by atoms with van der Waals surface area (Å²) in [4.78, 5) is 19.6. The molecule has 0 bridgehead atoms. The van der Waals surface area contributed by atoms with E-state index in [0.29, 0.717) is 22.4 Å². The maximum atomic E-state index is 12.3. The van der Waals surface area contributed by atoms with Crippen molar-refractivity contribution in [2.24, 2.45) is 4.99 Å². The highest BCUT2D eigenvalue weighted by Gasteiger charge is 2.25. The van der Waals surface area contributed by atoms with Gasteiger partial charge in [0.25, 0.3) is 5.91 Å². The Morgan fingerprint density at radius 3 is 2.79 bits per heavy atom. The second kappa shape index (κ2) is 8.45. The highest BCUT2D eigenvalue weighted by Crippen LogP contribution is 2.35. The van der Waals surface area contributed by atoms with Crippen LogP contribution in [0.2, 0.25) is 0 Å². The molecule has 146 valence electrons. The minimum atomic E-state index is -0.176. The Kier molecular flexibility index (Phi) is 5.77. The summed E-state index contributed by atoms with van der Waals surface area (Å²) in [7, 11) is 0. The number of carbonyl (C=O) groups is 1. The first kappa shape index (κ1) is 19.1. The van der Waals surface area contributed by atoms with Gasteiger partial charge < -0.3 is 19.4 Å². The van der Waals surface area contributed by atoms with Gasteiger partial charge in [-0.15, -0.1) is 0 Å². The lowest BCUT2D eigenvalue weighted by Crippen LogP contribution is -2.19. The molecular formula is C20H20BrN3O3S. The number of nitrogens with one attached hydrogen (secondary N) is 1. The molecule has 2 aliphatic rings. The molecule has 4 rings (SSSR count). The summed E-state index contributed by atoms with van der Waals surface area (Å²) >= 11 is 4.86. The van der Waals surface area contributed by atoms with Gasteiger partial charge in [-0.2, -0.15) is 0 Å². The number of carbonyl (C=O) groups excluding carboxylic acids is 1. The van der Waals surface area contributed by atoms with Crippen molar-refractivity contribution in [2.75, 3.05) is 24.6 Å². The van der Waals surface area contributed by atoms with E-state index in [1.807, 2.05) is 37.3 Å². The minimum Gasteiger partial charge on any atom is -0.494 e. The van der Waals surface area contributed by atoms with Crippen LogP contribution in [-0.4, -0.2) is 30.8 Å². The van der Waals surface area contributed by atoms with Gasteiger partial charge in [0.15, 0.2) is 5.17 Å². The van der Waals surface area contributed by atoms with E-state index in [1.165, 1.54) is 24.6 Å². The number of rotatable bonds is 5. The van der Waals surface area contributed by atoms with Gasteiger partial charge in [0.05, 0.1) is 21.7 Å². The maximum absolute atomic E-state index is 12.3. The summed E-state index contributed by atoms with van der Waals surface area (Å²) in [6, 6.07) is 9.34. The molecule has 2 aromatic rings. The number of benzene rings is 1. The summed E-state index contributed by atoms with van der Waals surface area (Å²) in [6.07, 6.45) is 4.10. The molecular weight excluding hydrogens is 442 g/mol. The number of thioether (sulfide) groups is 1. The molecule has 1 amide bonds. The predicted octanol–water partition coefficient (Wildman–Crippen LogP) is 4.93. The number of aliphatic imine (C=N–C) groups is 1. The molecule has 0 spiro atoms. The van der Waals surface area contributed by atoms with Crippen molar-refractivity contribution in [1.29, 1.82) is 0 Å². The number of amidine groups is 1. The third-order valence-electron chi connectivity index (χ3n) is 4.38. The summed E-state index contributed by atoms with van der Waals surface area (Å²) in [5, 5.41) is 3.35. The van der Waals surface area contributed by atoms with E-state index < -0.39 is 0 Å². The first-order valence-electron chi connectivity index (χ1n) is 9.19. The molecule has 8 heteroatoms. The zero-order valence-corrected chi connectivity index (χ0v) is 17.8. The zero-order valence-electron chi connectivity index (χ0n) is 15.4. The van der Waals surface area contributed by atoms with Crippen molar-refractivity contribution in [2.45, 2.75) is 19.8 Å². The molecule has 28 heavy (non-hydrogen) atoms. The van der Waals surface area contributed by atoms with Crippen molar-refractivity contribution in [1.82, 2.24) is 5.32 Å². The molecule has 2 saturated heterocycles. The molecule has 0 unspecified atom stereocenters. The standard InChI is InChI=1S/C20H20BrN3O3S/c1-2-26-14-7-5-13(6-8-14)22-20-23-18(25)17(28-20)12-15-11-16(21)19(27-15)24-9-3-4-10-24/h5-8,11-12H,2-4,9-10H2,1H3,(H,22,23,25)/b17-12-. The quantitative estimate of drug-likeness (QED) is 0.639. The largest absolute Gasteiger partial charge is 0.494 e. The molecule has 0 aliphatic carbocycles. The number of furan rings is 1. The highest BCUT2D eigenvalue weighted by molar-refractivity contribution is 9.10. The summed E-state index contributed by atoms with van der Waals surface area (Å²) in [5.41, 5.74) is 0.754. The number of ether oxygens (including phenoxy) is 1. The Morgan fingerprint density at radius 1 is 1.32 bits per heavy atom. The molecule has 2 aliphatic heterocycles. The Bertz CT molecular complexity index is 931. The van der Waals surface area contributed by atoms with Crippen molar-refractivity contribution in [3.63, 3.8) is 0 Å². The van der Waals surface area contributed by atoms with Gasteiger partial charge in [-0.3, -0.25) is 4.79 Å². The van der Waals surface area contributed by atoms with E-state index in [1.54, 1.807) is 6.08 Å². The average molecular weight is 462 g/mol. The van der Waals surface area contributed by atoms with Crippen LogP contribution in [0.5, 0.6) is 5.75 Å². The molecule has 1 N–H and O–H groups in total. The van der Waals surface area contributed by atoms with Crippen LogP contribution >= 0.6 is 27.7 Å². The van der Waals surface area contributed by atoms with Gasteiger partial charge in [-0.05, 0) is 71.7 Å². The van der Waals surface area contributed by atoms with Gasteiger partial charge in [0.1, 0.15) is 11.5 Å². The Labute approximate surface area is 176 Å². The summed E-state index contributed by atoms with van der Waals surface area (Å²) in [6.45, 7) is 4.56. The monoisotopic (exact) mass is 461 g/mol. The van der Waals surface area contributed by atoms with Crippen LogP contribution in [-0.2, 0) is 4.79 Å². The van der Waals surface area contributed by atoms with Crippen molar-refractivity contribution >= 4 is 56.4 Å². The van der Waals surface area contributed by atoms with Gasteiger partial charge in [0, 0.05) is 25.2 Å². The van der Waals surface area contributed by atoms with Gasteiger partial charge in [0.2, 0.25) is 5.88 Å². The van der Waals surface area contributed by atoms with Crippen molar-refractivity contribution in [3.05, 3.63) is 45.5 Å². The van der Waals surface area contributed by atoms with Crippen LogP contribution in [0.1, 0.15) is 25.5 Å². The van der Waals surface area contributed by atoms with Crippen molar-refractivity contribution in [3.8, 4) is 5.75 Å². The van der Waals surface area contributed by atoms with E-state index in [4.69, 9.17) is 9.15 Å². The molecule has 1 aromatic carbocycles. The van der Waals surface area contributed by atoms with E-state index in [-0.39, 0.29) is 5.91 Å². The Balaban J connectivity index is 1.49. The number of hydrogen-bond acceptors (Lipinski definition) is 6. The van der Waals surface area contributed by atoms with Crippen LogP contribution in [0.25, 0.3) is 6.08 Å². The van der Waals surface area contributed by atoms with Gasteiger partial charge in [-0.25, -0.2) is 4.99 Å². The number of anilines is 1. The molecule has 1 aromatic heterocycles. The van der Waals surface area contributed by atoms with E-state index in [0.717, 1.165) is 34.9 Å².